The van der Waals surface area contributed by atoms with E-state index in [1.807, 2.05) is 0 Å². The van der Waals surface area contributed by atoms with Crippen LogP contribution in [0.1, 0.15) is 0 Å². The molecule has 0 saturated heterocycles. The van der Waals surface area contributed by atoms with Crippen LogP contribution >= 0.6 is 29.9 Å². The van der Waals surface area contributed by atoms with Crippen molar-refractivity contribution in [3.05, 3.63) is 0 Å². The Morgan fingerprint density at radius 2 is 2.20 bits per heavy atom. The monoisotopic (exact) mass is 140 g/mol. The van der Waals surface area contributed by atoms with E-state index in [0.29, 0.717) is 0 Å². The first-order valence-electron chi connectivity index (χ1n) is 0.959. The molecule has 0 N–H and O–H groups in total. The minimum atomic E-state index is -0.724. The highest BCUT2D eigenvalue weighted by Crippen LogP contribution is 1.99. The maximum atomic E-state index is 3.95. The van der Waals surface area contributed by atoms with Crippen molar-refractivity contribution in [1.82, 2.24) is 0 Å². The maximum absolute atomic E-state index is 3.95. The fraction of sp³-hybridized carbons (Fsp3) is 0. The lowest BCUT2D eigenvalue weighted by molar-refractivity contribution is 2.03. The Hall–Kier alpha value is 1.10. The standard InChI is InChI=1S/H4NP2SSi/c2-1-5(3)4/h2,4H,3H2. The van der Waals surface area contributed by atoms with Crippen LogP contribution in [0.25, 0.3) is 0 Å². The average molecular weight is 140 g/mol. The van der Waals surface area contributed by atoms with Crippen molar-refractivity contribution in [3.8, 4) is 0 Å². The molecular weight excluding hydrogens is 136 g/mol. The molecule has 0 saturated carbocycles. The molecule has 0 aromatic heterocycles. The summed E-state index contributed by atoms with van der Waals surface area (Å²) in [4.78, 5) is 0. The summed E-state index contributed by atoms with van der Waals surface area (Å²) >= 11 is 3.95. The predicted octanol–water partition coefficient (Wildman–Crippen LogP) is 1.10. The zero-order valence-electron chi connectivity index (χ0n) is 2.47. The van der Waals surface area contributed by atoms with Crippen molar-refractivity contribution >= 4 is 37.7 Å². The summed E-state index contributed by atoms with van der Waals surface area (Å²) in [5, 5.41) is 0. The third kappa shape index (κ3) is 5.10. The van der Waals surface area contributed by atoms with Gasteiger partial charge in [-0.25, -0.2) is 0 Å². The van der Waals surface area contributed by atoms with E-state index in [9.17, 15) is 0 Å². The van der Waals surface area contributed by atoms with Crippen molar-refractivity contribution in [1.29, 1.82) is 0 Å². The smallest absolute Gasteiger partial charge is 0.289 e. The summed E-state index contributed by atoms with van der Waals surface area (Å²) < 4.78 is 3.62. The molecule has 0 aromatic rings. The molecule has 29 valence electrons. The van der Waals surface area contributed by atoms with E-state index in [-0.39, 0.29) is 0 Å². The van der Waals surface area contributed by atoms with E-state index in [1.54, 1.807) is 0 Å². The molecule has 0 heterocycles. The van der Waals surface area contributed by atoms with Crippen molar-refractivity contribution in [2.24, 2.45) is 4.41 Å². The molecule has 0 aliphatic rings. The van der Waals surface area contributed by atoms with Crippen LogP contribution in [-0.4, -0.2) is 7.78 Å². The Bertz CT molecular complexity index is 36.6. The van der Waals surface area contributed by atoms with Gasteiger partial charge in [0.25, 0.3) is 7.78 Å². The lowest BCUT2D eigenvalue weighted by Gasteiger charge is -1.77. The summed E-state index contributed by atoms with van der Waals surface area (Å²) in [6.07, 6.45) is 0. The van der Waals surface area contributed by atoms with Crippen LogP contribution in [0.2, 0.25) is 0 Å². The first-order chi connectivity index (χ1) is 2.27. The molecule has 0 amide bonds. The van der Waals surface area contributed by atoms with Gasteiger partial charge < -0.3 is 0 Å². The number of rotatable bonds is 1. The van der Waals surface area contributed by atoms with Crippen LogP contribution in [0.5, 0.6) is 0 Å². The highest BCUT2D eigenvalue weighted by molar-refractivity contribution is 8.24. The van der Waals surface area contributed by atoms with Gasteiger partial charge >= 0.3 is 0 Å². The van der Waals surface area contributed by atoms with Crippen LogP contribution in [0.3, 0.4) is 0 Å². The van der Waals surface area contributed by atoms with Gasteiger partial charge in [-0.3, -0.25) is 4.41 Å². The highest BCUT2D eigenvalue weighted by Gasteiger charge is 1.84. The molecule has 0 spiro atoms. The molecule has 0 rings (SSSR count). The van der Waals surface area contributed by atoms with Crippen molar-refractivity contribution in [2.75, 3.05) is 0 Å². The molecule has 0 aliphatic heterocycles. The Labute approximate surface area is 42.6 Å². The molecule has 1 unspecified atom stereocenters. The van der Waals surface area contributed by atoms with Crippen LogP contribution in [0.15, 0.2) is 4.41 Å². The van der Waals surface area contributed by atoms with E-state index in [1.165, 1.54) is 0 Å². The summed E-state index contributed by atoms with van der Waals surface area (Å²) in [5.41, 5.74) is 0. The Morgan fingerprint density at radius 3 is 2.20 bits per heavy atom. The van der Waals surface area contributed by atoms with Crippen LogP contribution in [-0.2, 0) is 0 Å². The first kappa shape index (κ1) is 6.10. The number of hydrogen-bond donors (Lipinski definition) is 1. The van der Waals surface area contributed by atoms with Crippen LogP contribution < -0.4 is 0 Å². The second-order valence-electron chi connectivity index (χ2n) is 0.470. The van der Waals surface area contributed by atoms with Gasteiger partial charge in [-0.2, -0.15) is 12.1 Å². The zero-order valence-corrected chi connectivity index (χ0v) is 6.52. The Morgan fingerprint density at radius 1 is 2.00 bits per heavy atom. The Balaban J connectivity index is 2.83. The second-order valence-corrected chi connectivity index (χ2v) is 6.55. The lowest BCUT2D eigenvalue weighted by Crippen LogP contribution is -1.75. The topological polar surface area (TPSA) is 12.4 Å². The molecule has 0 aromatic carbocycles. The molecule has 0 fully saturated rings. The molecule has 5 heteroatoms. The molecule has 1 atom stereocenters. The van der Waals surface area contributed by atoms with Crippen molar-refractivity contribution < 1.29 is 0 Å². The summed E-state index contributed by atoms with van der Waals surface area (Å²) in [5.74, 6) is 0. The maximum Gasteiger partial charge on any atom is 0.289 e. The second kappa shape index (κ2) is 3.29. The molecule has 5 heavy (non-hydrogen) atoms. The normalized spacial score (nSPS) is 8.60. The molecule has 1 radical (unpaired) electrons. The van der Waals surface area contributed by atoms with E-state index in [4.69, 9.17) is 0 Å². The predicted molar refractivity (Wildman–Crippen MR) is 35.2 cm³/mol. The molecular formula is H4NP2SSi. The summed E-state index contributed by atoms with van der Waals surface area (Å²) in [6.45, 7) is 0. The number of hydrogen-bond acceptors (Lipinski definition) is 2. The van der Waals surface area contributed by atoms with E-state index in [2.05, 4.69) is 34.3 Å². The number of thiol groups is 1. The van der Waals surface area contributed by atoms with Crippen LogP contribution in [0.4, 0.5) is 0 Å². The zero-order chi connectivity index (χ0) is 4.28. The van der Waals surface area contributed by atoms with E-state index in [0.717, 1.165) is 0 Å². The molecule has 1 nitrogen and oxygen atoms in total. The fourth-order valence-corrected chi connectivity index (χ4v) is 0. The minimum absolute atomic E-state index is 0.724. The third-order valence-corrected chi connectivity index (χ3v) is 3.09. The van der Waals surface area contributed by atoms with Gasteiger partial charge in [-0.05, 0) is 9.03 Å². The molecule has 0 aliphatic carbocycles. The fourth-order valence-electron chi connectivity index (χ4n) is 0. The SMILES string of the molecule is P=N[Si](P)S. The third-order valence-electron chi connectivity index (χ3n) is 0.115. The molecule has 0 bridgehead atoms. The largest absolute Gasteiger partial charge is 0.290 e. The van der Waals surface area contributed by atoms with Crippen LogP contribution in [0, 0.1) is 0 Å². The quantitative estimate of drug-likeness (QED) is 0.318. The highest BCUT2D eigenvalue weighted by atomic mass is 32.4. The lowest BCUT2D eigenvalue weighted by atomic mass is 13.9. The summed E-state index contributed by atoms with van der Waals surface area (Å²) in [7, 11) is 4.69. The van der Waals surface area contributed by atoms with E-state index >= 15 is 0 Å². The number of nitrogens with zero attached hydrogens (tertiary/aromatic N) is 1. The Kier molecular flexibility index (Phi) is 4.02. The van der Waals surface area contributed by atoms with Gasteiger partial charge in [-0.1, -0.05) is 0 Å². The first-order valence-corrected chi connectivity index (χ1v) is 5.95. The van der Waals surface area contributed by atoms with E-state index < -0.39 is 7.78 Å². The van der Waals surface area contributed by atoms with Gasteiger partial charge in [0, 0.05) is 0 Å². The minimum Gasteiger partial charge on any atom is -0.290 e. The van der Waals surface area contributed by atoms with Gasteiger partial charge in [0.2, 0.25) is 0 Å². The van der Waals surface area contributed by atoms with Gasteiger partial charge in [0.15, 0.2) is 0 Å². The average Bonchev–Trinajstić information content (AvgIpc) is 1.38. The van der Waals surface area contributed by atoms with Crippen molar-refractivity contribution in [2.45, 2.75) is 0 Å². The van der Waals surface area contributed by atoms with Gasteiger partial charge in [0.1, 0.15) is 0 Å². The van der Waals surface area contributed by atoms with Gasteiger partial charge in [0.05, 0.1) is 0 Å². The van der Waals surface area contributed by atoms with Crippen molar-refractivity contribution in [3.63, 3.8) is 0 Å². The van der Waals surface area contributed by atoms with Gasteiger partial charge in [-0.15, -0.1) is 8.79 Å². The summed E-state index contributed by atoms with van der Waals surface area (Å²) in [6, 6.07) is 0.